The number of rotatable bonds is 2. The highest BCUT2D eigenvalue weighted by Gasteiger charge is 2.14. The van der Waals surface area contributed by atoms with E-state index < -0.39 is 12.1 Å². The zero-order valence-corrected chi connectivity index (χ0v) is 12.1. The molecule has 0 unspecified atom stereocenters. The van der Waals surface area contributed by atoms with Crippen LogP contribution in [0.15, 0.2) is 34.5 Å². The Morgan fingerprint density at radius 1 is 1.25 bits per heavy atom. The Hall–Kier alpha value is -2.24. The summed E-state index contributed by atoms with van der Waals surface area (Å²) >= 11 is 0. The molecule has 1 aromatic carbocycles. The van der Waals surface area contributed by atoms with Gasteiger partial charge in [-0.05, 0) is 30.0 Å². The van der Waals surface area contributed by atoms with Crippen LogP contribution in [0.4, 0.5) is 15.3 Å². The first kappa shape index (κ1) is 15.8. The van der Waals surface area contributed by atoms with Crippen molar-refractivity contribution in [2.45, 2.75) is 33.1 Å². The molecule has 0 saturated heterocycles. The lowest BCUT2D eigenvalue weighted by Gasteiger charge is -2.19. The first-order valence-corrected chi connectivity index (χ1v) is 6.33. The second-order valence-electron chi connectivity index (χ2n) is 5.16. The Morgan fingerprint density at radius 3 is 2.55 bits per heavy atom. The molecule has 6 nitrogen and oxygen atoms in total. The Bertz CT molecular complexity index is 519. The Balaban J connectivity index is 2.69. The van der Waals surface area contributed by atoms with E-state index in [0.29, 0.717) is 5.69 Å². The van der Waals surface area contributed by atoms with Gasteiger partial charge < -0.3 is 10.1 Å². The molecule has 20 heavy (non-hydrogen) atoms. The van der Waals surface area contributed by atoms with Gasteiger partial charge in [0.25, 0.3) is 0 Å². The number of amides is 3. The summed E-state index contributed by atoms with van der Waals surface area (Å²) in [7, 11) is 0. The standard InChI is InChI=1S/C14H19N3O3/c1-5-20-13(19)17-16-12(18)15-11-8-6-7-10(9-11)14(2,3)4/h6-9H,5H2,1-4H3,(H,15,18)/b17-16+. The molecule has 0 spiro atoms. The van der Waals surface area contributed by atoms with Gasteiger partial charge >= 0.3 is 12.1 Å². The number of azo groups is 1. The third-order valence-corrected chi connectivity index (χ3v) is 2.47. The number of nitrogens with zero attached hydrogens (tertiary/aromatic N) is 2. The van der Waals surface area contributed by atoms with Crippen LogP contribution in [0.25, 0.3) is 0 Å². The lowest BCUT2D eigenvalue weighted by Crippen LogP contribution is -2.12. The van der Waals surface area contributed by atoms with Crippen molar-refractivity contribution < 1.29 is 14.3 Å². The van der Waals surface area contributed by atoms with Gasteiger partial charge in [0.05, 0.1) is 6.61 Å². The molecule has 0 aliphatic carbocycles. The molecule has 0 heterocycles. The third kappa shape index (κ3) is 5.17. The minimum atomic E-state index is -0.883. The summed E-state index contributed by atoms with van der Waals surface area (Å²) < 4.78 is 4.53. The van der Waals surface area contributed by atoms with Gasteiger partial charge in [-0.3, -0.25) is 0 Å². The van der Waals surface area contributed by atoms with E-state index in [9.17, 15) is 9.59 Å². The van der Waals surface area contributed by atoms with E-state index in [2.05, 4.69) is 41.1 Å². The maximum Gasteiger partial charge on any atom is 0.452 e. The Morgan fingerprint density at radius 2 is 1.95 bits per heavy atom. The summed E-state index contributed by atoms with van der Waals surface area (Å²) in [6.45, 7) is 8.07. The normalized spacial score (nSPS) is 11.4. The lowest BCUT2D eigenvalue weighted by molar-refractivity contribution is 0.161. The van der Waals surface area contributed by atoms with Crippen molar-refractivity contribution in [1.82, 2.24) is 0 Å². The third-order valence-electron chi connectivity index (χ3n) is 2.47. The number of benzene rings is 1. The van der Waals surface area contributed by atoms with Crippen molar-refractivity contribution in [3.63, 3.8) is 0 Å². The highest BCUT2D eigenvalue weighted by Crippen LogP contribution is 2.24. The molecule has 0 radical (unpaired) electrons. The SMILES string of the molecule is CCOC(=O)/N=N/C(=O)Nc1cccc(C(C)(C)C)c1. The number of hydrogen-bond donors (Lipinski definition) is 1. The van der Waals surface area contributed by atoms with Gasteiger partial charge in [-0.25, -0.2) is 9.59 Å². The Labute approximate surface area is 118 Å². The lowest BCUT2D eigenvalue weighted by atomic mass is 9.87. The Kier molecular flexibility index (Phi) is 5.37. The summed E-state index contributed by atoms with van der Waals surface area (Å²) in [5.74, 6) is 0. The molecule has 6 heteroatoms. The number of hydrogen-bond acceptors (Lipinski definition) is 3. The predicted octanol–water partition coefficient (Wildman–Crippen LogP) is 4.12. The summed E-state index contributed by atoms with van der Waals surface area (Å²) in [5, 5.41) is 8.91. The quantitative estimate of drug-likeness (QED) is 0.825. The van der Waals surface area contributed by atoms with Gasteiger partial charge in [0.1, 0.15) is 0 Å². The average molecular weight is 277 g/mol. The van der Waals surface area contributed by atoms with Gasteiger partial charge in [0.2, 0.25) is 0 Å². The summed E-state index contributed by atoms with van der Waals surface area (Å²) in [6.07, 6.45) is -0.883. The van der Waals surface area contributed by atoms with Gasteiger partial charge in [-0.15, -0.1) is 0 Å². The molecule has 0 bridgehead atoms. The van der Waals surface area contributed by atoms with Gasteiger partial charge in [-0.1, -0.05) is 43.1 Å². The van der Waals surface area contributed by atoms with Crippen LogP contribution in [0.3, 0.4) is 0 Å². The topological polar surface area (TPSA) is 80.1 Å². The molecule has 0 aliphatic rings. The van der Waals surface area contributed by atoms with Crippen molar-refractivity contribution in [3.05, 3.63) is 29.8 Å². The number of anilines is 1. The van der Waals surface area contributed by atoms with Crippen molar-refractivity contribution in [1.29, 1.82) is 0 Å². The molecular formula is C14H19N3O3. The van der Waals surface area contributed by atoms with Crippen LogP contribution in [0.1, 0.15) is 33.3 Å². The molecule has 0 fully saturated rings. The first-order valence-electron chi connectivity index (χ1n) is 6.33. The molecule has 0 aliphatic heterocycles. The smallest absolute Gasteiger partial charge is 0.447 e. The minimum Gasteiger partial charge on any atom is -0.447 e. The maximum atomic E-state index is 11.5. The van der Waals surface area contributed by atoms with Gasteiger partial charge in [0, 0.05) is 5.69 Å². The van der Waals surface area contributed by atoms with Crippen molar-refractivity contribution >= 4 is 17.8 Å². The monoisotopic (exact) mass is 277 g/mol. The second-order valence-corrected chi connectivity index (χ2v) is 5.16. The zero-order chi connectivity index (χ0) is 15.2. The average Bonchev–Trinajstić information content (AvgIpc) is 2.36. The molecule has 1 rings (SSSR count). The van der Waals surface area contributed by atoms with E-state index in [-0.39, 0.29) is 12.0 Å². The van der Waals surface area contributed by atoms with Crippen LogP contribution in [0, 0.1) is 0 Å². The summed E-state index contributed by atoms with van der Waals surface area (Å²) in [6, 6.07) is 6.71. The van der Waals surface area contributed by atoms with E-state index in [0.717, 1.165) is 5.56 Å². The number of ether oxygens (including phenoxy) is 1. The van der Waals surface area contributed by atoms with Gasteiger partial charge in [0.15, 0.2) is 0 Å². The molecule has 0 saturated carbocycles. The van der Waals surface area contributed by atoms with E-state index in [1.54, 1.807) is 13.0 Å². The maximum absolute atomic E-state index is 11.5. The molecule has 0 atom stereocenters. The van der Waals surface area contributed by atoms with Crippen molar-refractivity contribution in [2.24, 2.45) is 10.2 Å². The van der Waals surface area contributed by atoms with E-state index in [1.165, 1.54) is 0 Å². The van der Waals surface area contributed by atoms with Crippen LogP contribution >= 0.6 is 0 Å². The molecule has 0 aromatic heterocycles. The predicted molar refractivity (Wildman–Crippen MR) is 76.0 cm³/mol. The highest BCUT2D eigenvalue weighted by molar-refractivity contribution is 5.90. The molecule has 108 valence electrons. The minimum absolute atomic E-state index is 0.0206. The van der Waals surface area contributed by atoms with Crippen LogP contribution in [-0.2, 0) is 10.2 Å². The van der Waals surface area contributed by atoms with E-state index >= 15 is 0 Å². The van der Waals surface area contributed by atoms with E-state index in [4.69, 9.17) is 0 Å². The van der Waals surface area contributed by atoms with Crippen LogP contribution in [0.2, 0.25) is 0 Å². The van der Waals surface area contributed by atoms with E-state index in [1.807, 2.05) is 18.2 Å². The van der Waals surface area contributed by atoms with Crippen LogP contribution < -0.4 is 5.32 Å². The number of carbonyl (C=O) groups is 2. The second kappa shape index (κ2) is 6.79. The fraction of sp³-hybridized carbons (Fsp3) is 0.429. The van der Waals surface area contributed by atoms with Crippen molar-refractivity contribution in [2.75, 3.05) is 11.9 Å². The van der Waals surface area contributed by atoms with Crippen LogP contribution in [0.5, 0.6) is 0 Å². The fourth-order valence-electron chi connectivity index (χ4n) is 1.45. The number of urea groups is 1. The largest absolute Gasteiger partial charge is 0.452 e. The van der Waals surface area contributed by atoms with Crippen molar-refractivity contribution in [3.8, 4) is 0 Å². The molecule has 1 N–H and O–H groups in total. The molecule has 1 aromatic rings. The number of carbonyl (C=O) groups excluding carboxylic acids is 2. The summed E-state index contributed by atoms with van der Waals surface area (Å²) in [5.41, 5.74) is 1.66. The zero-order valence-electron chi connectivity index (χ0n) is 12.1. The summed E-state index contributed by atoms with van der Waals surface area (Å²) in [4.78, 5) is 22.4. The molecule has 3 amide bonds. The number of nitrogens with one attached hydrogen (secondary N) is 1. The fourth-order valence-corrected chi connectivity index (χ4v) is 1.45. The molecular weight excluding hydrogens is 258 g/mol. The highest BCUT2D eigenvalue weighted by atomic mass is 16.5. The first-order chi connectivity index (χ1) is 9.32. The van der Waals surface area contributed by atoms with Gasteiger partial charge in [-0.2, -0.15) is 0 Å². The van der Waals surface area contributed by atoms with Crippen LogP contribution in [-0.4, -0.2) is 18.7 Å².